The Balaban J connectivity index is 1.18. The predicted molar refractivity (Wildman–Crippen MR) is 121 cm³/mol. The zero-order valence-corrected chi connectivity index (χ0v) is 19.7. The smallest absolute Gasteiger partial charge is 0.306 e. The summed E-state index contributed by atoms with van der Waals surface area (Å²) in [7, 11) is -3.75. The van der Waals surface area contributed by atoms with Crippen molar-refractivity contribution in [2.45, 2.75) is 36.6 Å². The molecule has 1 atom stereocenters. The number of amides is 1. The first-order valence-corrected chi connectivity index (χ1v) is 13.2. The van der Waals surface area contributed by atoms with E-state index in [-0.39, 0.29) is 42.8 Å². The molecule has 2 aliphatic rings. The molecule has 178 valence electrons. The van der Waals surface area contributed by atoms with Gasteiger partial charge in [0.2, 0.25) is 10.0 Å². The van der Waals surface area contributed by atoms with Gasteiger partial charge in [0.15, 0.2) is 18.1 Å². The summed E-state index contributed by atoms with van der Waals surface area (Å²) in [6, 6.07) is 8.44. The molecule has 0 spiro atoms. The van der Waals surface area contributed by atoms with Crippen LogP contribution in [0.4, 0.5) is 0 Å². The Bertz CT molecular complexity index is 1090. The van der Waals surface area contributed by atoms with E-state index >= 15 is 0 Å². The fourth-order valence-electron chi connectivity index (χ4n) is 3.85. The van der Waals surface area contributed by atoms with Gasteiger partial charge in [-0.3, -0.25) is 9.59 Å². The Morgan fingerprint density at radius 1 is 1.18 bits per heavy atom. The normalized spacial score (nSPS) is 17.7. The Hall–Kier alpha value is -2.63. The summed E-state index contributed by atoms with van der Waals surface area (Å²) in [6.45, 7) is 1.20. The van der Waals surface area contributed by atoms with Crippen LogP contribution >= 0.6 is 11.3 Å². The van der Waals surface area contributed by atoms with E-state index < -0.39 is 16.0 Å². The standard InChI is InChI=1S/C22H26N2O7S2/c25-21(24-10-2-4-17(24)20-5-3-13-32-20)15-31-22(26)6-1-9-23-33(27,28)16-7-8-18-19(14-16)30-12-11-29-18/h3,5,7-8,13-14,17,23H,1-2,4,6,9-12,15H2. The number of nitrogens with zero attached hydrogens (tertiary/aromatic N) is 1. The van der Waals surface area contributed by atoms with Crippen molar-refractivity contribution in [1.29, 1.82) is 0 Å². The first-order valence-electron chi connectivity index (χ1n) is 10.8. The third kappa shape index (κ3) is 5.84. The minimum Gasteiger partial charge on any atom is -0.486 e. The maximum atomic E-state index is 12.5. The Morgan fingerprint density at radius 2 is 2.00 bits per heavy atom. The van der Waals surface area contributed by atoms with Crippen LogP contribution in [0.2, 0.25) is 0 Å². The topological polar surface area (TPSA) is 111 Å². The van der Waals surface area contributed by atoms with E-state index in [4.69, 9.17) is 14.2 Å². The summed E-state index contributed by atoms with van der Waals surface area (Å²) < 4.78 is 43.4. The maximum absolute atomic E-state index is 12.5. The molecule has 11 heteroatoms. The molecule has 1 saturated heterocycles. The van der Waals surface area contributed by atoms with Crippen molar-refractivity contribution in [2.75, 3.05) is 32.9 Å². The molecule has 2 aromatic rings. The fourth-order valence-corrected chi connectivity index (χ4v) is 5.82. The lowest BCUT2D eigenvalue weighted by molar-refractivity contribution is -0.152. The van der Waals surface area contributed by atoms with E-state index in [0.29, 0.717) is 31.3 Å². The van der Waals surface area contributed by atoms with Gasteiger partial charge in [0.1, 0.15) is 13.2 Å². The van der Waals surface area contributed by atoms with Gasteiger partial charge in [0.25, 0.3) is 5.91 Å². The predicted octanol–water partition coefficient (Wildman–Crippen LogP) is 2.48. The number of esters is 1. The van der Waals surface area contributed by atoms with Crippen molar-refractivity contribution in [1.82, 2.24) is 9.62 Å². The summed E-state index contributed by atoms with van der Waals surface area (Å²) in [6.07, 6.45) is 2.08. The molecule has 0 saturated carbocycles. The minimum atomic E-state index is -3.75. The quantitative estimate of drug-likeness (QED) is 0.421. The number of benzene rings is 1. The van der Waals surface area contributed by atoms with E-state index in [1.165, 1.54) is 12.1 Å². The molecule has 1 aromatic heterocycles. The van der Waals surface area contributed by atoms with Crippen LogP contribution in [0.15, 0.2) is 40.6 Å². The Morgan fingerprint density at radius 3 is 2.79 bits per heavy atom. The highest BCUT2D eigenvalue weighted by Crippen LogP contribution is 2.34. The first kappa shape index (κ1) is 23.5. The van der Waals surface area contributed by atoms with E-state index in [1.54, 1.807) is 22.3 Å². The van der Waals surface area contributed by atoms with Gasteiger partial charge < -0.3 is 19.1 Å². The first-order chi connectivity index (χ1) is 15.9. The average molecular weight is 495 g/mol. The van der Waals surface area contributed by atoms with Crippen molar-refractivity contribution in [2.24, 2.45) is 0 Å². The molecule has 3 heterocycles. The molecular weight excluding hydrogens is 468 g/mol. The lowest BCUT2D eigenvalue weighted by Crippen LogP contribution is -2.34. The van der Waals surface area contributed by atoms with Gasteiger partial charge in [0, 0.05) is 30.5 Å². The van der Waals surface area contributed by atoms with Crippen LogP contribution in [0.25, 0.3) is 0 Å². The van der Waals surface area contributed by atoms with Crippen LogP contribution in [0, 0.1) is 0 Å². The molecule has 2 aliphatic heterocycles. The highest BCUT2D eigenvalue weighted by atomic mass is 32.2. The van der Waals surface area contributed by atoms with Crippen LogP contribution in [-0.4, -0.2) is 58.1 Å². The lowest BCUT2D eigenvalue weighted by atomic mass is 10.2. The van der Waals surface area contributed by atoms with Crippen LogP contribution in [0.5, 0.6) is 11.5 Å². The summed E-state index contributed by atoms with van der Waals surface area (Å²) in [4.78, 5) is 27.5. The number of likely N-dealkylation sites (tertiary alicyclic amines) is 1. The molecule has 33 heavy (non-hydrogen) atoms. The van der Waals surface area contributed by atoms with Crippen molar-refractivity contribution < 1.29 is 32.2 Å². The highest BCUT2D eigenvalue weighted by molar-refractivity contribution is 7.89. The van der Waals surface area contributed by atoms with Gasteiger partial charge in [0.05, 0.1) is 10.9 Å². The monoisotopic (exact) mass is 494 g/mol. The lowest BCUT2D eigenvalue weighted by Gasteiger charge is -2.23. The molecule has 9 nitrogen and oxygen atoms in total. The van der Waals surface area contributed by atoms with E-state index in [1.807, 2.05) is 17.5 Å². The van der Waals surface area contributed by atoms with Crippen LogP contribution in [0.1, 0.15) is 36.6 Å². The van der Waals surface area contributed by atoms with E-state index in [9.17, 15) is 18.0 Å². The number of ether oxygens (including phenoxy) is 3. The second kappa shape index (κ2) is 10.5. The zero-order chi connectivity index (χ0) is 23.3. The van der Waals surface area contributed by atoms with E-state index in [2.05, 4.69) is 4.72 Å². The maximum Gasteiger partial charge on any atom is 0.306 e. The van der Waals surface area contributed by atoms with Gasteiger partial charge in [-0.05, 0) is 42.8 Å². The summed E-state index contributed by atoms with van der Waals surface area (Å²) in [5.74, 6) is 0.150. The summed E-state index contributed by atoms with van der Waals surface area (Å²) >= 11 is 1.62. The van der Waals surface area contributed by atoms with Gasteiger partial charge in [-0.1, -0.05) is 6.07 Å². The number of hydrogen-bond acceptors (Lipinski definition) is 8. The minimum absolute atomic E-state index is 0.00525. The molecule has 1 aromatic carbocycles. The van der Waals surface area contributed by atoms with Gasteiger partial charge in [-0.25, -0.2) is 13.1 Å². The summed E-state index contributed by atoms with van der Waals surface area (Å²) in [5, 5.41) is 1.98. The highest BCUT2D eigenvalue weighted by Gasteiger charge is 2.31. The zero-order valence-electron chi connectivity index (χ0n) is 18.0. The number of nitrogens with one attached hydrogen (secondary N) is 1. The number of sulfonamides is 1. The van der Waals surface area contributed by atoms with Crippen molar-refractivity contribution in [3.63, 3.8) is 0 Å². The number of carbonyl (C=O) groups is 2. The van der Waals surface area contributed by atoms with Crippen LogP contribution in [0.3, 0.4) is 0 Å². The summed E-state index contributed by atoms with van der Waals surface area (Å²) in [5.41, 5.74) is 0. The van der Waals surface area contributed by atoms with Crippen molar-refractivity contribution in [3.05, 3.63) is 40.6 Å². The average Bonchev–Trinajstić information content (AvgIpc) is 3.52. The van der Waals surface area contributed by atoms with Gasteiger partial charge >= 0.3 is 5.97 Å². The SMILES string of the molecule is O=C(CCCNS(=O)(=O)c1ccc2c(c1)OCCO2)OCC(=O)N1CCCC1c1cccs1. The van der Waals surface area contributed by atoms with Gasteiger partial charge in [-0.2, -0.15) is 0 Å². The molecule has 1 N–H and O–H groups in total. The third-order valence-corrected chi connectivity index (χ3v) is 7.91. The van der Waals surface area contributed by atoms with Gasteiger partial charge in [-0.15, -0.1) is 11.3 Å². The molecule has 0 aliphatic carbocycles. The second-order valence-electron chi connectivity index (χ2n) is 7.73. The number of thiophene rings is 1. The Labute approximate surface area is 196 Å². The number of fused-ring (bicyclic) bond motifs is 1. The third-order valence-electron chi connectivity index (χ3n) is 5.48. The fraction of sp³-hybridized carbons (Fsp3) is 0.455. The molecule has 1 unspecified atom stereocenters. The van der Waals surface area contributed by atoms with Crippen molar-refractivity contribution in [3.8, 4) is 11.5 Å². The van der Waals surface area contributed by atoms with Crippen LogP contribution < -0.4 is 14.2 Å². The molecule has 4 rings (SSSR count). The number of hydrogen-bond donors (Lipinski definition) is 1. The van der Waals surface area contributed by atoms with Crippen molar-refractivity contribution >= 4 is 33.2 Å². The Kier molecular flexibility index (Phi) is 7.51. The number of rotatable bonds is 9. The molecule has 1 fully saturated rings. The molecule has 0 bridgehead atoms. The molecule has 1 amide bonds. The van der Waals surface area contributed by atoms with E-state index in [0.717, 1.165) is 17.7 Å². The van der Waals surface area contributed by atoms with Crippen LogP contribution in [-0.2, 0) is 24.3 Å². The largest absolute Gasteiger partial charge is 0.486 e. The molecule has 0 radical (unpaired) electrons. The molecular formula is C22H26N2O7S2. The second-order valence-corrected chi connectivity index (χ2v) is 10.5. The number of carbonyl (C=O) groups excluding carboxylic acids is 2.